The van der Waals surface area contributed by atoms with Crippen LogP contribution in [0.2, 0.25) is 5.02 Å². The molecule has 0 aliphatic carbocycles. The molecule has 3 rings (SSSR count). The molecule has 26 heavy (non-hydrogen) atoms. The maximum Gasteiger partial charge on any atom is 0.225 e. The van der Waals surface area contributed by atoms with Crippen molar-refractivity contribution in [3.05, 3.63) is 29.3 Å². The number of hydrogen-bond donors (Lipinski definition) is 0. The van der Waals surface area contributed by atoms with Crippen LogP contribution in [0, 0.1) is 5.92 Å². The quantitative estimate of drug-likeness (QED) is 0.706. The Morgan fingerprint density at radius 1 is 1.00 bits per heavy atom. The van der Waals surface area contributed by atoms with Crippen LogP contribution in [-0.4, -0.2) is 53.5 Å². The van der Waals surface area contributed by atoms with E-state index in [1.165, 1.54) is 6.42 Å². The third-order valence-corrected chi connectivity index (χ3v) is 6.79. The fraction of sp³-hybridized carbons (Fsp3) is 0.600. The highest BCUT2D eigenvalue weighted by Gasteiger charge is 2.30. The second-order valence-corrected chi connectivity index (χ2v) is 8.61. The van der Waals surface area contributed by atoms with E-state index in [4.69, 9.17) is 11.6 Å². The number of carbonyl (C=O) groups excluding carboxylic acids is 2. The molecular formula is C20H27ClN2O2S. The van der Waals surface area contributed by atoms with E-state index >= 15 is 0 Å². The molecule has 2 fully saturated rings. The van der Waals surface area contributed by atoms with Gasteiger partial charge in [-0.1, -0.05) is 23.7 Å². The van der Waals surface area contributed by atoms with Crippen LogP contribution in [0.25, 0.3) is 0 Å². The molecular weight excluding hydrogens is 368 g/mol. The summed E-state index contributed by atoms with van der Waals surface area (Å²) in [5.74, 6) is 1.34. The minimum absolute atomic E-state index is 0.106. The summed E-state index contributed by atoms with van der Waals surface area (Å²) < 4.78 is 0. The number of halogens is 1. The number of thioether (sulfide) groups is 1. The third-order valence-electron chi connectivity index (χ3n) is 5.27. The highest BCUT2D eigenvalue weighted by Crippen LogP contribution is 2.27. The smallest absolute Gasteiger partial charge is 0.225 e. The first-order chi connectivity index (χ1) is 12.6. The van der Waals surface area contributed by atoms with Crippen LogP contribution in [0.15, 0.2) is 29.2 Å². The number of rotatable bonds is 5. The molecule has 2 saturated heterocycles. The SMILES string of the molecule is O=C(CCSc1ccccc1Cl)N1CCC(C(=O)N2CCCCC2)CC1. The normalized spacial score (nSPS) is 18.8. The van der Waals surface area contributed by atoms with Crippen LogP contribution in [0.5, 0.6) is 0 Å². The molecule has 0 unspecified atom stereocenters. The van der Waals surface area contributed by atoms with Gasteiger partial charge in [-0.15, -0.1) is 11.8 Å². The summed E-state index contributed by atoms with van der Waals surface area (Å²) in [7, 11) is 0. The first-order valence-corrected chi connectivity index (χ1v) is 11.0. The van der Waals surface area contributed by atoms with Crippen LogP contribution in [-0.2, 0) is 9.59 Å². The Bertz CT molecular complexity index is 626. The molecule has 2 aliphatic rings. The van der Waals surface area contributed by atoms with E-state index in [0.29, 0.717) is 25.4 Å². The van der Waals surface area contributed by atoms with Crippen molar-refractivity contribution in [3.8, 4) is 0 Å². The zero-order valence-corrected chi connectivity index (χ0v) is 16.7. The van der Waals surface area contributed by atoms with E-state index in [1.54, 1.807) is 11.8 Å². The standard InChI is InChI=1S/C20H27ClN2O2S/c21-17-6-2-3-7-18(17)26-15-10-19(24)22-13-8-16(9-14-22)20(25)23-11-4-1-5-12-23/h2-3,6-7,16H,1,4-5,8-15H2. The Balaban J connectivity index is 1.39. The van der Waals surface area contributed by atoms with Crippen LogP contribution >= 0.6 is 23.4 Å². The minimum Gasteiger partial charge on any atom is -0.343 e. The van der Waals surface area contributed by atoms with Gasteiger partial charge in [0.25, 0.3) is 0 Å². The van der Waals surface area contributed by atoms with Crippen molar-refractivity contribution in [1.29, 1.82) is 0 Å². The van der Waals surface area contributed by atoms with Crippen molar-refractivity contribution in [2.75, 3.05) is 31.9 Å². The maximum atomic E-state index is 12.6. The lowest BCUT2D eigenvalue weighted by molar-refractivity contribution is -0.141. The third kappa shape index (κ3) is 5.17. The average Bonchev–Trinajstić information content (AvgIpc) is 2.69. The topological polar surface area (TPSA) is 40.6 Å². The molecule has 2 amide bonds. The maximum absolute atomic E-state index is 12.6. The summed E-state index contributed by atoms with van der Waals surface area (Å²) in [6, 6.07) is 7.72. The van der Waals surface area contributed by atoms with Crippen LogP contribution in [0.1, 0.15) is 38.5 Å². The summed E-state index contributed by atoms with van der Waals surface area (Å²) in [5.41, 5.74) is 0. The van der Waals surface area contributed by atoms with E-state index in [-0.39, 0.29) is 11.8 Å². The zero-order chi connectivity index (χ0) is 18.4. The number of amides is 2. The summed E-state index contributed by atoms with van der Waals surface area (Å²) in [6.07, 6.45) is 5.62. The number of likely N-dealkylation sites (tertiary alicyclic amines) is 2. The molecule has 0 saturated carbocycles. The van der Waals surface area contributed by atoms with E-state index in [1.807, 2.05) is 34.1 Å². The van der Waals surface area contributed by atoms with E-state index in [2.05, 4.69) is 0 Å². The van der Waals surface area contributed by atoms with Crippen LogP contribution < -0.4 is 0 Å². The predicted octanol–water partition coefficient (Wildman–Crippen LogP) is 4.07. The predicted molar refractivity (Wildman–Crippen MR) is 107 cm³/mol. The number of carbonyl (C=O) groups is 2. The van der Waals surface area contributed by atoms with E-state index < -0.39 is 0 Å². The van der Waals surface area contributed by atoms with Gasteiger partial charge in [0, 0.05) is 49.2 Å². The number of nitrogens with zero attached hydrogens (tertiary/aromatic N) is 2. The van der Waals surface area contributed by atoms with Crippen LogP contribution in [0.3, 0.4) is 0 Å². The number of piperidine rings is 2. The molecule has 2 aliphatic heterocycles. The number of benzene rings is 1. The first kappa shape index (κ1) is 19.6. The van der Waals surface area contributed by atoms with Gasteiger partial charge in [-0.05, 0) is 44.2 Å². The second kappa shape index (κ2) is 9.65. The van der Waals surface area contributed by atoms with Crippen molar-refractivity contribution in [2.24, 2.45) is 5.92 Å². The van der Waals surface area contributed by atoms with Gasteiger partial charge in [-0.2, -0.15) is 0 Å². The second-order valence-electron chi connectivity index (χ2n) is 7.07. The fourth-order valence-corrected chi connectivity index (χ4v) is 4.89. The summed E-state index contributed by atoms with van der Waals surface area (Å²) in [4.78, 5) is 30.0. The van der Waals surface area contributed by atoms with Gasteiger partial charge in [0.15, 0.2) is 0 Å². The largest absolute Gasteiger partial charge is 0.343 e. The van der Waals surface area contributed by atoms with Crippen molar-refractivity contribution in [2.45, 2.75) is 43.4 Å². The Morgan fingerprint density at radius 2 is 1.69 bits per heavy atom. The Morgan fingerprint density at radius 3 is 2.38 bits per heavy atom. The first-order valence-electron chi connectivity index (χ1n) is 9.59. The van der Waals surface area contributed by atoms with Crippen molar-refractivity contribution in [1.82, 2.24) is 9.80 Å². The van der Waals surface area contributed by atoms with Gasteiger partial charge in [0.1, 0.15) is 0 Å². The molecule has 0 N–H and O–H groups in total. The molecule has 0 atom stereocenters. The van der Waals surface area contributed by atoms with Crippen molar-refractivity contribution < 1.29 is 9.59 Å². The molecule has 142 valence electrons. The monoisotopic (exact) mass is 394 g/mol. The van der Waals surface area contributed by atoms with Crippen LogP contribution in [0.4, 0.5) is 0 Å². The Hall–Kier alpha value is -1.20. The van der Waals surface area contributed by atoms with Gasteiger partial charge >= 0.3 is 0 Å². The summed E-state index contributed by atoms with van der Waals surface area (Å²) >= 11 is 7.77. The van der Waals surface area contributed by atoms with E-state index in [9.17, 15) is 9.59 Å². The highest BCUT2D eigenvalue weighted by atomic mass is 35.5. The molecule has 2 heterocycles. The molecule has 0 bridgehead atoms. The summed E-state index contributed by atoms with van der Waals surface area (Å²) in [6.45, 7) is 3.24. The lowest BCUT2D eigenvalue weighted by Crippen LogP contribution is -2.45. The molecule has 0 radical (unpaired) electrons. The minimum atomic E-state index is 0.106. The Labute approximate surface area is 165 Å². The van der Waals surface area contributed by atoms with Gasteiger partial charge in [0.05, 0.1) is 5.02 Å². The van der Waals surface area contributed by atoms with Crippen molar-refractivity contribution >= 4 is 35.2 Å². The lowest BCUT2D eigenvalue weighted by Gasteiger charge is -2.35. The van der Waals surface area contributed by atoms with Gasteiger partial charge in [0.2, 0.25) is 11.8 Å². The summed E-state index contributed by atoms with van der Waals surface area (Å²) in [5, 5.41) is 0.738. The highest BCUT2D eigenvalue weighted by molar-refractivity contribution is 7.99. The molecule has 1 aromatic carbocycles. The van der Waals surface area contributed by atoms with Gasteiger partial charge < -0.3 is 9.80 Å². The van der Waals surface area contributed by atoms with E-state index in [0.717, 1.165) is 54.4 Å². The molecule has 0 spiro atoms. The fourth-order valence-electron chi connectivity index (χ4n) is 3.72. The molecule has 6 heteroatoms. The number of hydrogen-bond acceptors (Lipinski definition) is 3. The average molecular weight is 395 g/mol. The molecule has 1 aromatic rings. The lowest BCUT2D eigenvalue weighted by atomic mass is 9.94. The van der Waals surface area contributed by atoms with Crippen molar-refractivity contribution in [3.63, 3.8) is 0 Å². The van der Waals surface area contributed by atoms with Gasteiger partial charge in [-0.25, -0.2) is 0 Å². The zero-order valence-electron chi connectivity index (χ0n) is 15.2. The molecule has 4 nitrogen and oxygen atoms in total. The Kier molecular flexibility index (Phi) is 7.26. The molecule has 0 aromatic heterocycles. The van der Waals surface area contributed by atoms with Gasteiger partial charge in [-0.3, -0.25) is 9.59 Å².